The van der Waals surface area contributed by atoms with Gasteiger partial charge in [0.2, 0.25) is 0 Å². The molecule has 11 aromatic rings. The van der Waals surface area contributed by atoms with Crippen molar-refractivity contribution in [3.8, 4) is 62.1 Å². The third-order valence-electron chi connectivity index (χ3n) is 12.3. The van der Waals surface area contributed by atoms with Gasteiger partial charge in [-0.15, -0.1) is 0 Å². The van der Waals surface area contributed by atoms with Crippen LogP contribution in [0, 0.1) is 0 Å². The molecular weight excluding hydrogens is 721 g/mol. The molecule has 3 heterocycles. The van der Waals surface area contributed by atoms with Crippen molar-refractivity contribution in [1.82, 2.24) is 19.5 Å². The fourth-order valence-corrected chi connectivity index (χ4v) is 9.42. The van der Waals surface area contributed by atoms with Crippen LogP contribution in [0.4, 0.5) is 0 Å². The van der Waals surface area contributed by atoms with E-state index in [0.717, 1.165) is 49.8 Å². The van der Waals surface area contributed by atoms with Crippen LogP contribution in [0.2, 0.25) is 0 Å². The van der Waals surface area contributed by atoms with Gasteiger partial charge in [0.05, 0.1) is 22.3 Å². The molecule has 0 N–H and O–H groups in total. The number of hydrogen-bond acceptors (Lipinski definition) is 4. The van der Waals surface area contributed by atoms with Crippen LogP contribution < -0.4 is 0 Å². The molecule has 12 rings (SSSR count). The van der Waals surface area contributed by atoms with Gasteiger partial charge in [0, 0.05) is 43.7 Å². The molecule has 0 amide bonds. The predicted molar refractivity (Wildman–Crippen MR) is 241 cm³/mol. The molecule has 0 radical (unpaired) electrons. The Morgan fingerprint density at radius 3 is 1.78 bits per heavy atom. The fourth-order valence-electron chi connectivity index (χ4n) is 9.42. The van der Waals surface area contributed by atoms with Crippen LogP contribution in [0.5, 0.6) is 0 Å². The lowest BCUT2D eigenvalue weighted by atomic mass is 9.82. The highest BCUT2D eigenvalue weighted by molar-refractivity contribution is 6.13. The monoisotopic (exact) mass is 756 g/mol. The maximum atomic E-state index is 6.67. The Bertz CT molecular complexity index is 3410. The maximum Gasteiger partial charge on any atom is 0.167 e. The number of fused-ring (bicyclic) bond motifs is 9. The minimum Gasteiger partial charge on any atom is -0.455 e. The highest BCUT2D eigenvalue weighted by Crippen LogP contribution is 2.52. The van der Waals surface area contributed by atoms with E-state index in [1.54, 1.807) is 0 Å². The number of rotatable bonds is 5. The number of benzene rings is 8. The molecule has 59 heavy (non-hydrogen) atoms. The summed E-state index contributed by atoms with van der Waals surface area (Å²) in [4.78, 5) is 14.9. The van der Waals surface area contributed by atoms with Crippen molar-refractivity contribution in [3.63, 3.8) is 0 Å². The molecule has 1 aliphatic rings. The van der Waals surface area contributed by atoms with Crippen molar-refractivity contribution in [3.05, 3.63) is 193 Å². The first-order chi connectivity index (χ1) is 29.0. The highest BCUT2D eigenvalue weighted by Gasteiger charge is 2.37. The lowest BCUT2D eigenvalue weighted by Gasteiger charge is -2.21. The average molecular weight is 757 g/mol. The number of nitrogens with zero attached hydrogens (tertiary/aromatic N) is 4. The highest BCUT2D eigenvalue weighted by atomic mass is 16.3. The number of para-hydroxylation sites is 2. The molecule has 278 valence electrons. The Kier molecular flexibility index (Phi) is 7.20. The molecule has 0 spiro atoms. The smallest absolute Gasteiger partial charge is 0.167 e. The van der Waals surface area contributed by atoms with E-state index in [2.05, 4.69) is 134 Å². The van der Waals surface area contributed by atoms with Crippen LogP contribution in [0.15, 0.2) is 186 Å². The lowest BCUT2D eigenvalue weighted by molar-refractivity contribution is 0.660. The van der Waals surface area contributed by atoms with Crippen LogP contribution in [-0.2, 0) is 5.41 Å². The second kappa shape index (κ2) is 12.7. The van der Waals surface area contributed by atoms with Gasteiger partial charge in [0.15, 0.2) is 17.5 Å². The summed E-state index contributed by atoms with van der Waals surface area (Å²) in [6.07, 6.45) is 0. The number of hydrogen-bond donors (Lipinski definition) is 0. The Labute approximate surface area is 340 Å². The third-order valence-corrected chi connectivity index (χ3v) is 12.3. The molecular formula is C54H36N4O. The lowest BCUT2D eigenvalue weighted by Crippen LogP contribution is -2.14. The Hall–Kier alpha value is -7.63. The molecule has 0 bridgehead atoms. The molecule has 5 nitrogen and oxygen atoms in total. The second-order valence-electron chi connectivity index (χ2n) is 16.0. The molecule has 0 saturated heterocycles. The van der Waals surface area contributed by atoms with Gasteiger partial charge in [0.25, 0.3) is 0 Å². The van der Waals surface area contributed by atoms with E-state index in [1.807, 2.05) is 66.7 Å². The summed E-state index contributed by atoms with van der Waals surface area (Å²) in [5, 5.41) is 4.51. The maximum absolute atomic E-state index is 6.67. The van der Waals surface area contributed by atoms with Crippen molar-refractivity contribution >= 4 is 43.7 Å². The van der Waals surface area contributed by atoms with Crippen molar-refractivity contribution in [2.75, 3.05) is 0 Å². The fraction of sp³-hybridized carbons (Fsp3) is 0.0556. The first-order valence-corrected chi connectivity index (χ1v) is 20.1. The van der Waals surface area contributed by atoms with Gasteiger partial charge in [-0.25, -0.2) is 15.0 Å². The molecule has 1 aliphatic carbocycles. The van der Waals surface area contributed by atoms with Crippen molar-refractivity contribution in [2.24, 2.45) is 0 Å². The summed E-state index contributed by atoms with van der Waals surface area (Å²) in [7, 11) is 0. The average Bonchev–Trinajstić information content (AvgIpc) is 3.92. The summed E-state index contributed by atoms with van der Waals surface area (Å²) in [5.74, 6) is 1.80. The van der Waals surface area contributed by atoms with E-state index in [4.69, 9.17) is 19.4 Å². The van der Waals surface area contributed by atoms with Crippen LogP contribution in [0.25, 0.3) is 106 Å². The van der Waals surface area contributed by atoms with E-state index in [9.17, 15) is 0 Å². The minimum atomic E-state index is -0.0773. The van der Waals surface area contributed by atoms with Crippen molar-refractivity contribution < 1.29 is 4.42 Å². The molecule has 3 aromatic heterocycles. The van der Waals surface area contributed by atoms with Gasteiger partial charge in [-0.05, 0) is 70.3 Å². The molecule has 0 unspecified atom stereocenters. The van der Waals surface area contributed by atoms with Gasteiger partial charge >= 0.3 is 0 Å². The first kappa shape index (κ1) is 33.5. The zero-order chi connectivity index (χ0) is 39.2. The summed E-state index contributed by atoms with van der Waals surface area (Å²) >= 11 is 0. The van der Waals surface area contributed by atoms with Crippen molar-refractivity contribution in [1.29, 1.82) is 0 Å². The van der Waals surface area contributed by atoms with Crippen LogP contribution in [0.1, 0.15) is 25.0 Å². The van der Waals surface area contributed by atoms with Gasteiger partial charge < -0.3 is 8.98 Å². The van der Waals surface area contributed by atoms with E-state index >= 15 is 0 Å². The van der Waals surface area contributed by atoms with Crippen LogP contribution in [0.3, 0.4) is 0 Å². The van der Waals surface area contributed by atoms with Crippen LogP contribution >= 0.6 is 0 Å². The van der Waals surface area contributed by atoms with E-state index in [1.165, 1.54) is 49.7 Å². The second-order valence-corrected chi connectivity index (χ2v) is 16.0. The molecule has 0 atom stereocenters. The summed E-state index contributed by atoms with van der Waals surface area (Å²) in [6.45, 7) is 4.69. The Morgan fingerprint density at radius 1 is 0.424 bits per heavy atom. The van der Waals surface area contributed by atoms with Crippen LogP contribution in [-0.4, -0.2) is 19.5 Å². The quantitative estimate of drug-likeness (QED) is 0.175. The number of aromatic nitrogens is 4. The normalized spacial score (nSPS) is 13.1. The predicted octanol–water partition coefficient (Wildman–Crippen LogP) is 13.8. The van der Waals surface area contributed by atoms with E-state index in [0.29, 0.717) is 17.5 Å². The molecule has 8 aromatic carbocycles. The standard InChI is InChI=1S/C54H36N4O/c1-54(2)43-23-11-9-20-39(43)49-44(54)24-14-26-47(49)58-45-25-12-10-19-37(45)41-31-35(27-29-46(41)58)36-28-30-48-42(32-36)38-21-13-22-40(50(38)59-48)53-56-51(33-15-5-3-6-16-33)55-52(57-53)34-17-7-4-8-18-34/h3-32H,1-2H3. The summed E-state index contributed by atoms with van der Waals surface area (Å²) in [6, 6.07) is 64.3. The van der Waals surface area contributed by atoms with E-state index < -0.39 is 0 Å². The molecule has 5 heteroatoms. The Morgan fingerprint density at radius 2 is 1.00 bits per heavy atom. The first-order valence-electron chi connectivity index (χ1n) is 20.1. The third kappa shape index (κ3) is 5.08. The topological polar surface area (TPSA) is 56.7 Å². The van der Waals surface area contributed by atoms with Gasteiger partial charge in [-0.1, -0.05) is 153 Å². The SMILES string of the molecule is CC1(C)c2ccccc2-c2c(-n3c4ccccc4c4cc(-c5ccc6oc7c(-c8nc(-c9ccccc9)nc(-c9ccccc9)n8)cccc7c6c5)ccc43)cccc21. The summed E-state index contributed by atoms with van der Waals surface area (Å²) in [5.41, 5.74) is 15.4. The zero-order valence-corrected chi connectivity index (χ0v) is 32.5. The minimum absolute atomic E-state index is 0.0773. The number of furan rings is 1. The largest absolute Gasteiger partial charge is 0.455 e. The molecule has 0 saturated carbocycles. The van der Waals surface area contributed by atoms with Gasteiger partial charge in [0.1, 0.15) is 11.2 Å². The van der Waals surface area contributed by atoms with E-state index in [-0.39, 0.29) is 5.41 Å². The molecule has 0 fully saturated rings. The zero-order valence-electron chi connectivity index (χ0n) is 32.5. The Balaban J connectivity index is 1.00. The summed E-state index contributed by atoms with van der Waals surface area (Å²) < 4.78 is 9.14. The van der Waals surface area contributed by atoms with Gasteiger partial charge in [-0.3, -0.25) is 0 Å². The van der Waals surface area contributed by atoms with Crippen molar-refractivity contribution in [2.45, 2.75) is 19.3 Å². The molecule has 0 aliphatic heterocycles. The van der Waals surface area contributed by atoms with Gasteiger partial charge in [-0.2, -0.15) is 0 Å².